The lowest BCUT2D eigenvalue weighted by Gasteiger charge is -2.14. The van der Waals surface area contributed by atoms with Crippen molar-refractivity contribution >= 4 is 16.3 Å². The van der Waals surface area contributed by atoms with E-state index >= 15 is 0 Å². The predicted octanol–water partition coefficient (Wildman–Crippen LogP) is 3.11. The Morgan fingerprint density at radius 1 is 1.47 bits per heavy atom. The normalized spacial score (nSPS) is 13.3. The molecular weight excluding hydrogens is 230 g/mol. The highest BCUT2D eigenvalue weighted by atomic mass is 32.1. The highest BCUT2D eigenvalue weighted by molar-refractivity contribution is 7.15. The first-order valence-corrected chi connectivity index (χ1v) is 7.29. The number of aromatic nitrogens is 2. The molecule has 0 bridgehead atoms. The number of imidazole rings is 1. The van der Waals surface area contributed by atoms with Crippen LogP contribution in [0.25, 0.3) is 4.96 Å². The van der Waals surface area contributed by atoms with Gasteiger partial charge in [0.15, 0.2) is 4.96 Å². The first-order valence-electron chi connectivity index (χ1n) is 6.41. The molecule has 3 nitrogen and oxygen atoms in total. The van der Waals surface area contributed by atoms with Crippen molar-refractivity contribution < 1.29 is 0 Å². The van der Waals surface area contributed by atoms with E-state index in [0.717, 1.165) is 11.4 Å². The third kappa shape index (κ3) is 3.30. The summed E-state index contributed by atoms with van der Waals surface area (Å²) in [6, 6.07) is 0.670. The van der Waals surface area contributed by atoms with Crippen LogP contribution < -0.4 is 5.32 Å². The predicted molar refractivity (Wildman–Crippen MR) is 73.8 cm³/mol. The molecule has 0 saturated carbocycles. The molecule has 2 aromatic heterocycles. The summed E-state index contributed by atoms with van der Waals surface area (Å²) < 4.78 is 2.11. The summed E-state index contributed by atoms with van der Waals surface area (Å²) in [5, 5.41) is 5.46. The van der Waals surface area contributed by atoms with Crippen molar-refractivity contribution in [1.82, 2.24) is 14.7 Å². The van der Waals surface area contributed by atoms with Crippen molar-refractivity contribution in [3.63, 3.8) is 0 Å². The molecule has 0 aliphatic rings. The van der Waals surface area contributed by atoms with Gasteiger partial charge in [-0.2, -0.15) is 0 Å². The molecule has 0 amide bonds. The molecule has 2 rings (SSSR count). The zero-order valence-corrected chi connectivity index (χ0v) is 11.5. The molecule has 2 heterocycles. The number of fused-ring (bicyclic) bond motifs is 1. The second-order valence-corrected chi connectivity index (χ2v) is 5.36. The molecule has 0 aromatic carbocycles. The van der Waals surface area contributed by atoms with Gasteiger partial charge in [0.25, 0.3) is 0 Å². The van der Waals surface area contributed by atoms with Gasteiger partial charge in [0.2, 0.25) is 0 Å². The number of thiazole rings is 1. The fourth-order valence-corrected chi connectivity index (χ4v) is 2.93. The number of aryl methyl sites for hydroxylation is 1. The van der Waals surface area contributed by atoms with Gasteiger partial charge in [0.05, 0.1) is 5.69 Å². The van der Waals surface area contributed by atoms with E-state index in [9.17, 15) is 0 Å². The van der Waals surface area contributed by atoms with E-state index in [1.54, 1.807) is 11.3 Å². The average molecular weight is 251 g/mol. The second kappa shape index (κ2) is 6.17. The first kappa shape index (κ1) is 12.6. The summed E-state index contributed by atoms with van der Waals surface area (Å²) in [4.78, 5) is 5.71. The molecule has 1 atom stereocenters. The summed E-state index contributed by atoms with van der Waals surface area (Å²) in [5.41, 5.74) is 1.23. The van der Waals surface area contributed by atoms with Crippen LogP contribution >= 0.6 is 11.3 Å². The minimum absolute atomic E-state index is 0.670. The molecule has 94 valence electrons. The fourth-order valence-electron chi connectivity index (χ4n) is 2.21. The van der Waals surface area contributed by atoms with Crippen molar-refractivity contribution in [2.45, 2.75) is 45.1 Å². The third-order valence-corrected chi connectivity index (χ3v) is 3.94. The second-order valence-electron chi connectivity index (χ2n) is 4.49. The molecular formula is C13H21N3S. The van der Waals surface area contributed by atoms with Crippen molar-refractivity contribution in [1.29, 1.82) is 0 Å². The van der Waals surface area contributed by atoms with E-state index in [4.69, 9.17) is 0 Å². The summed E-state index contributed by atoms with van der Waals surface area (Å²) >= 11 is 1.70. The van der Waals surface area contributed by atoms with Crippen molar-refractivity contribution in [2.75, 3.05) is 7.05 Å². The summed E-state index contributed by atoms with van der Waals surface area (Å²) in [5.74, 6) is 0. The number of nitrogens with one attached hydrogen (secondary N) is 1. The Kier molecular flexibility index (Phi) is 4.57. The highest BCUT2D eigenvalue weighted by Crippen LogP contribution is 2.14. The van der Waals surface area contributed by atoms with Crippen molar-refractivity contribution in [3.8, 4) is 0 Å². The molecule has 1 N–H and O–H groups in total. The summed E-state index contributed by atoms with van der Waals surface area (Å²) in [6.07, 6.45) is 10.3. The monoisotopic (exact) mass is 251 g/mol. The van der Waals surface area contributed by atoms with Gasteiger partial charge in [-0.25, -0.2) is 4.98 Å². The van der Waals surface area contributed by atoms with Gasteiger partial charge in [-0.3, -0.25) is 4.40 Å². The van der Waals surface area contributed by atoms with Crippen LogP contribution in [0.4, 0.5) is 0 Å². The lowest BCUT2D eigenvalue weighted by Crippen LogP contribution is -2.24. The maximum absolute atomic E-state index is 4.60. The zero-order valence-electron chi connectivity index (χ0n) is 10.6. The Morgan fingerprint density at radius 2 is 2.35 bits per heavy atom. The van der Waals surface area contributed by atoms with E-state index < -0.39 is 0 Å². The van der Waals surface area contributed by atoms with Crippen LogP contribution in [-0.2, 0) is 6.42 Å². The third-order valence-electron chi connectivity index (χ3n) is 3.17. The molecule has 0 aliphatic carbocycles. The zero-order chi connectivity index (χ0) is 12.1. The van der Waals surface area contributed by atoms with Gasteiger partial charge in [0.1, 0.15) is 0 Å². The Morgan fingerprint density at radius 3 is 3.06 bits per heavy atom. The lowest BCUT2D eigenvalue weighted by atomic mass is 10.0. The number of rotatable bonds is 7. The summed E-state index contributed by atoms with van der Waals surface area (Å²) in [7, 11) is 2.06. The molecule has 0 aliphatic heterocycles. The SMILES string of the molecule is CCCC(CCCc1cn2ccsc2n1)NC. The molecule has 1 unspecified atom stereocenters. The van der Waals surface area contributed by atoms with E-state index in [1.807, 2.05) is 0 Å². The van der Waals surface area contributed by atoms with Crippen LogP contribution in [0.1, 0.15) is 38.3 Å². The standard InChI is InChI=1S/C13H21N3S/c1-3-5-11(14-2)6-4-7-12-10-16-8-9-17-13(16)15-12/h8-11,14H,3-7H2,1-2H3. The molecule has 2 aromatic rings. The Balaban J connectivity index is 1.80. The Bertz CT molecular complexity index is 418. The topological polar surface area (TPSA) is 29.3 Å². The van der Waals surface area contributed by atoms with Crippen molar-refractivity contribution in [3.05, 3.63) is 23.5 Å². The van der Waals surface area contributed by atoms with Crippen LogP contribution in [0.15, 0.2) is 17.8 Å². The maximum Gasteiger partial charge on any atom is 0.193 e. The number of hydrogen-bond acceptors (Lipinski definition) is 3. The van der Waals surface area contributed by atoms with E-state index in [2.05, 4.69) is 46.4 Å². The minimum Gasteiger partial charge on any atom is -0.317 e. The molecule has 0 spiro atoms. The number of nitrogens with zero attached hydrogens (tertiary/aromatic N) is 2. The molecule has 4 heteroatoms. The van der Waals surface area contributed by atoms with Crippen LogP contribution in [0, 0.1) is 0 Å². The molecule has 17 heavy (non-hydrogen) atoms. The van der Waals surface area contributed by atoms with E-state index in [1.165, 1.54) is 31.4 Å². The maximum atomic E-state index is 4.60. The quantitative estimate of drug-likeness (QED) is 0.819. The fraction of sp³-hybridized carbons (Fsp3) is 0.615. The first-order chi connectivity index (χ1) is 8.33. The van der Waals surface area contributed by atoms with Gasteiger partial charge in [-0.15, -0.1) is 11.3 Å². The molecule has 0 saturated heterocycles. The Labute approximate surface area is 107 Å². The minimum atomic E-state index is 0.670. The van der Waals surface area contributed by atoms with Gasteiger partial charge < -0.3 is 5.32 Å². The van der Waals surface area contributed by atoms with Crippen LogP contribution in [-0.4, -0.2) is 22.5 Å². The number of hydrogen-bond donors (Lipinski definition) is 1. The van der Waals surface area contributed by atoms with Crippen molar-refractivity contribution in [2.24, 2.45) is 0 Å². The Hall–Kier alpha value is -0.870. The largest absolute Gasteiger partial charge is 0.317 e. The molecule has 0 fully saturated rings. The van der Waals surface area contributed by atoms with Crippen LogP contribution in [0.2, 0.25) is 0 Å². The lowest BCUT2D eigenvalue weighted by molar-refractivity contribution is 0.469. The van der Waals surface area contributed by atoms with Gasteiger partial charge in [-0.1, -0.05) is 13.3 Å². The molecule has 0 radical (unpaired) electrons. The highest BCUT2D eigenvalue weighted by Gasteiger charge is 2.06. The van der Waals surface area contributed by atoms with Gasteiger partial charge in [-0.05, 0) is 32.7 Å². The van der Waals surface area contributed by atoms with Gasteiger partial charge in [0, 0.05) is 23.8 Å². The smallest absolute Gasteiger partial charge is 0.193 e. The van der Waals surface area contributed by atoms with E-state index in [-0.39, 0.29) is 0 Å². The van der Waals surface area contributed by atoms with Crippen LogP contribution in [0.5, 0.6) is 0 Å². The average Bonchev–Trinajstić information content (AvgIpc) is 2.88. The summed E-state index contributed by atoms with van der Waals surface area (Å²) in [6.45, 7) is 2.24. The van der Waals surface area contributed by atoms with Crippen LogP contribution in [0.3, 0.4) is 0 Å². The van der Waals surface area contributed by atoms with Gasteiger partial charge >= 0.3 is 0 Å². The van der Waals surface area contributed by atoms with E-state index in [0.29, 0.717) is 6.04 Å².